The van der Waals surface area contributed by atoms with Crippen LogP contribution in [-0.4, -0.2) is 32.4 Å². The number of nitrogens with zero attached hydrogens (tertiary/aromatic N) is 3. The first-order valence-corrected chi connectivity index (χ1v) is 11.4. The molecule has 2 heterocycles. The maximum absolute atomic E-state index is 12.8. The number of aromatic nitrogens is 3. The van der Waals surface area contributed by atoms with E-state index in [0.29, 0.717) is 34.8 Å². The van der Waals surface area contributed by atoms with Gasteiger partial charge in [0, 0.05) is 34.9 Å². The van der Waals surface area contributed by atoms with Crippen LogP contribution in [0.25, 0.3) is 5.65 Å². The van der Waals surface area contributed by atoms with E-state index in [1.165, 1.54) is 6.20 Å². The van der Waals surface area contributed by atoms with Crippen molar-refractivity contribution >= 4 is 40.6 Å². The summed E-state index contributed by atoms with van der Waals surface area (Å²) in [6.07, 6.45) is 2.05. The molecule has 0 aliphatic carbocycles. The second-order valence-corrected chi connectivity index (χ2v) is 8.44. The summed E-state index contributed by atoms with van der Waals surface area (Å²) in [5.74, 6) is -0.769. The molecule has 0 aliphatic heterocycles. The number of hydrogen-bond donors (Lipinski definition) is 4. The molecule has 0 fully saturated rings. The van der Waals surface area contributed by atoms with Gasteiger partial charge in [-0.1, -0.05) is 24.3 Å². The zero-order valence-corrected chi connectivity index (χ0v) is 20.3. The van der Waals surface area contributed by atoms with Crippen LogP contribution in [-0.2, 0) is 11.2 Å². The first-order chi connectivity index (χ1) is 17.2. The molecule has 5 N–H and O–H groups in total. The van der Waals surface area contributed by atoms with Gasteiger partial charge in [-0.25, -0.2) is 14.3 Å². The smallest absolute Gasteiger partial charge is 0.323 e. The van der Waals surface area contributed by atoms with Gasteiger partial charge in [0.1, 0.15) is 5.56 Å². The maximum atomic E-state index is 12.8. The zero-order chi connectivity index (χ0) is 25.8. The van der Waals surface area contributed by atoms with Crippen molar-refractivity contribution in [3.63, 3.8) is 0 Å². The largest absolute Gasteiger partial charge is 0.365 e. The Hall–Kier alpha value is -4.73. The van der Waals surface area contributed by atoms with Crippen molar-refractivity contribution in [3.05, 3.63) is 82.8 Å². The Balaban J connectivity index is 1.42. The highest BCUT2D eigenvalue weighted by atomic mass is 16.2. The summed E-state index contributed by atoms with van der Waals surface area (Å²) in [6.45, 7) is 5.58. The van der Waals surface area contributed by atoms with E-state index >= 15 is 0 Å². The molecular formula is C26H27N7O3. The van der Waals surface area contributed by atoms with E-state index in [9.17, 15) is 14.4 Å². The van der Waals surface area contributed by atoms with Gasteiger partial charge in [-0.3, -0.25) is 9.59 Å². The van der Waals surface area contributed by atoms with Gasteiger partial charge in [-0.2, -0.15) is 5.10 Å². The minimum atomic E-state index is -0.590. The summed E-state index contributed by atoms with van der Waals surface area (Å²) >= 11 is 0. The quantitative estimate of drug-likeness (QED) is 0.313. The van der Waals surface area contributed by atoms with Crippen LogP contribution in [0, 0.1) is 20.8 Å². The van der Waals surface area contributed by atoms with Crippen LogP contribution in [0.4, 0.5) is 21.9 Å². The van der Waals surface area contributed by atoms with Crippen molar-refractivity contribution in [1.29, 1.82) is 0 Å². The zero-order valence-electron chi connectivity index (χ0n) is 20.3. The molecule has 0 saturated carbocycles. The normalized spacial score (nSPS) is 10.8. The van der Waals surface area contributed by atoms with Crippen molar-refractivity contribution in [2.45, 2.75) is 33.6 Å². The Kier molecular flexibility index (Phi) is 6.95. The van der Waals surface area contributed by atoms with Gasteiger partial charge < -0.3 is 21.7 Å². The lowest BCUT2D eigenvalue weighted by Crippen LogP contribution is -2.20. The van der Waals surface area contributed by atoms with Crippen LogP contribution in [0.5, 0.6) is 0 Å². The number of nitrogens with two attached hydrogens (primary N) is 1. The minimum absolute atomic E-state index is 0.179. The fraction of sp³-hybridized carbons (Fsp3) is 0.192. The highest BCUT2D eigenvalue weighted by Crippen LogP contribution is 2.22. The number of benzene rings is 2. The maximum Gasteiger partial charge on any atom is 0.323 e. The molecule has 4 aromatic rings. The monoisotopic (exact) mass is 485 g/mol. The molecule has 0 atom stereocenters. The van der Waals surface area contributed by atoms with Crippen molar-refractivity contribution in [2.24, 2.45) is 5.73 Å². The van der Waals surface area contributed by atoms with Gasteiger partial charge in [0.05, 0.1) is 6.20 Å². The molecule has 0 saturated heterocycles. The van der Waals surface area contributed by atoms with Crippen LogP contribution >= 0.6 is 0 Å². The van der Waals surface area contributed by atoms with E-state index in [1.54, 1.807) is 28.8 Å². The molecule has 0 unspecified atom stereocenters. The van der Waals surface area contributed by atoms with E-state index in [4.69, 9.17) is 5.73 Å². The summed E-state index contributed by atoms with van der Waals surface area (Å²) in [4.78, 5) is 41.2. The van der Waals surface area contributed by atoms with Gasteiger partial charge in [-0.05, 0) is 62.6 Å². The molecule has 0 radical (unpaired) electrons. The third-order valence-corrected chi connectivity index (χ3v) is 5.88. The van der Waals surface area contributed by atoms with E-state index in [0.717, 1.165) is 16.8 Å². The van der Waals surface area contributed by atoms with E-state index in [1.807, 2.05) is 45.0 Å². The van der Waals surface area contributed by atoms with Crippen LogP contribution in [0.1, 0.15) is 39.3 Å². The van der Waals surface area contributed by atoms with Crippen LogP contribution < -0.4 is 21.7 Å². The Morgan fingerprint density at radius 2 is 1.67 bits per heavy atom. The second kappa shape index (κ2) is 10.3. The lowest BCUT2D eigenvalue weighted by Gasteiger charge is -2.14. The molecule has 10 heteroatoms. The lowest BCUT2D eigenvalue weighted by atomic mass is 10.1. The van der Waals surface area contributed by atoms with Gasteiger partial charge in [-0.15, -0.1) is 0 Å². The summed E-state index contributed by atoms with van der Waals surface area (Å²) in [7, 11) is 0. The number of rotatable bonds is 7. The standard InChI is InChI=1S/C26H27N7O3/c1-15-9-10-19(31-26(36)30-18-7-5-4-6-8-18)13-22(15)32-23(34)12-11-20-16(2)29-25-21(24(27)35)14-28-33(25)17(20)3/h4-10,13-14H,11-12H2,1-3H3,(H2,27,35)(H,32,34)(H2,30,31,36). The predicted octanol–water partition coefficient (Wildman–Crippen LogP) is 3.97. The number of anilines is 3. The van der Waals surface area contributed by atoms with E-state index in [-0.39, 0.29) is 23.9 Å². The third-order valence-electron chi connectivity index (χ3n) is 5.88. The number of para-hydroxylation sites is 1. The summed E-state index contributed by atoms with van der Waals surface area (Å²) < 4.78 is 1.57. The van der Waals surface area contributed by atoms with Crippen molar-refractivity contribution in [2.75, 3.05) is 16.0 Å². The summed E-state index contributed by atoms with van der Waals surface area (Å²) in [5, 5.41) is 12.7. The number of fused-ring (bicyclic) bond motifs is 1. The number of carbonyl (C=O) groups excluding carboxylic acids is 3. The van der Waals surface area contributed by atoms with E-state index in [2.05, 4.69) is 26.0 Å². The summed E-state index contributed by atoms with van der Waals surface area (Å²) in [5.41, 5.74) is 11.1. The number of urea groups is 1. The van der Waals surface area contributed by atoms with Crippen molar-refractivity contribution in [3.8, 4) is 0 Å². The molecule has 0 bridgehead atoms. The van der Waals surface area contributed by atoms with Crippen molar-refractivity contribution in [1.82, 2.24) is 14.6 Å². The Morgan fingerprint density at radius 3 is 2.39 bits per heavy atom. The first kappa shape index (κ1) is 24.4. The highest BCUT2D eigenvalue weighted by Gasteiger charge is 2.17. The predicted molar refractivity (Wildman–Crippen MR) is 138 cm³/mol. The van der Waals surface area contributed by atoms with Crippen LogP contribution in [0.3, 0.4) is 0 Å². The SMILES string of the molecule is Cc1ccc(NC(=O)Nc2ccccc2)cc1NC(=O)CCc1c(C)nc2c(C(N)=O)cnn2c1C. The summed E-state index contributed by atoms with van der Waals surface area (Å²) in [6, 6.07) is 14.1. The van der Waals surface area contributed by atoms with Crippen molar-refractivity contribution < 1.29 is 14.4 Å². The number of nitrogens with one attached hydrogen (secondary N) is 3. The molecule has 0 aliphatic rings. The highest BCUT2D eigenvalue weighted by molar-refractivity contribution is 6.01. The third kappa shape index (κ3) is 5.33. The topological polar surface area (TPSA) is 144 Å². The minimum Gasteiger partial charge on any atom is -0.365 e. The molecule has 4 rings (SSSR count). The fourth-order valence-corrected chi connectivity index (χ4v) is 3.95. The second-order valence-electron chi connectivity index (χ2n) is 8.44. The molecule has 0 spiro atoms. The van der Waals surface area contributed by atoms with Crippen LogP contribution in [0.15, 0.2) is 54.7 Å². The molecule has 2 aromatic carbocycles. The molecule has 184 valence electrons. The number of primary amides is 1. The van der Waals surface area contributed by atoms with Crippen LogP contribution in [0.2, 0.25) is 0 Å². The Bertz CT molecular complexity index is 1460. The Labute approximate surface area is 207 Å². The van der Waals surface area contributed by atoms with E-state index < -0.39 is 5.91 Å². The Morgan fingerprint density at radius 1 is 0.944 bits per heavy atom. The van der Waals surface area contributed by atoms with Gasteiger partial charge in [0.2, 0.25) is 5.91 Å². The van der Waals surface area contributed by atoms with Gasteiger partial charge in [0.25, 0.3) is 5.91 Å². The average molecular weight is 486 g/mol. The first-order valence-electron chi connectivity index (χ1n) is 11.4. The number of amides is 4. The number of aryl methyl sites for hydroxylation is 3. The molecule has 10 nitrogen and oxygen atoms in total. The number of hydrogen-bond acceptors (Lipinski definition) is 5. The molecule has 4 amide bonds. The lowest BCUT2D eigenvalue weighted by molar-refractivity contribution is -0.116. The number of carbonyl (C=O) groups is 3. The van der Waals surface area contributed by atoms with Gasteiger partial charge in [0.15, 0.2) is 5.65 Å². The molecular weight excluding hydrogens is 458 g/mol. The molecule has 36 heavy (non-hydrogen) atoms. The molecule has 2 aromatic heterocycles. The average Bonchev–Trinajstić information content (AvgIpc) is 3.26. The fourth-order valence-electron chi connectivity index (χ4n) is 3.95. The van der Waals surface area contributed by atoms with Gasteiger partial charge >= 0.3 is 6.03 Å².